The number of tetrazole rings is 1. The molecule has 3 rings (SSSR count). The zero-order valence-electron chi connectivity index (χ0n) is 12.3. The highest BCUT2D eigenvalue weighted by Crippen LogP contribution is 2.28. The van der Waals surface area contributed by atoms with Gasteiger partial charge in [0.15, 0.2) is 0 Å². The molecular weight excluding hydrogens is 266 g/mol. The summed E-state index contributed by atoms with van der Waals surface area (Å²) >= 11 is 0. The Balaban J connectivity index is 1.49. The summed E-state index contributed by atoms with van der Waals surface area (Å²) in [7, 11) is 0. The molecule has 0 radical (unpaired) electrons. The van der Waals surface area contributed by atoms with Gasteiger partial charge in [0.1, 0.15) is 6.33 Å². The second-order valence-corrected chi connectivity index (χ2v) is 5.54. The minimum atomic E-state index is 0.269. The molecule has 112 valence electrons. The third-order valence-corrected chi connectivity index (χ3v) is 3.73. The number of hydrogen-bond acceptors (Lipinski definition) is 5. The smallest absolute Gasteiger partial charge is 0.143 e. The minimum absolute atomic E-state index is 0.269. The molecular formula is C15H21N5O. The van der Waals surface area contributed by atoms with Crippen molar-refractivity contribution >= 4 is 0 Å². The Bertz CT molecular complexity index is 553. The molecule has 1 aliphatic carbocycles. The number of rotatable bonds is 8. The van der Waals surface area contributed by atoms with Gasteiger partial charge in [0.2, 0.25) is 0 Å². The molecule has 0 aliphatic heterocycles. The van der Waals surface area contributed by atoms with Gasteiger partial charge < -0.3 is 10.1 Å². The standard InChI is InChI=1S/C15H21N5O/c1-12(16-7-8-21-10-13-5-6-13)14-3-2-4-15(9-14)20-11-17-18-19-20/h2-4,9,11-13,16H,5-8,10H2,1H3. The van der Waals surface area contributed by atoms with Gasteiger partial charge in [-0.1, -0.05) is 12.1 Å². The first-order valence-corrected chi connectivity index (χ1v) is 7.47. The first kappa shape index (κ1) is 14.2. The zero-order chi connectivity index (χ0) is 14.5. The number of aromatic nitrogens is 4. The van der Waals surface area contributed by atoms with Crippen molar-refractivity contribution in [3.63, 3.8) is 0 Å². The van der Waals surface area contributed by atoms with Crippen molar-refractivity contribution in [3.05, 3.63) is 36.2 Å². The zero-order valence-corrected chi connectivity index (χ0v) is 12.3. The molecule has 1 aromatic heterocycles. The molecule has 1 N–H and O–H groups in total. The topological polar surface area (TPSA) is 64.9 Å². The SMILES string of the molecule is CC(NCCOCC1CC1)c1cccc(-n2cnnn2)c1. The van der Waals surface area contributed by atoms with E-state index in [0.29, 0.717) is 0 Å². The van der Waals surface area contributed by atoms with Crippen LogP contribution >= 0.6 is 0 Å². The van der Waals surface area contributed by atoms with E-state index in [1.165, 1.54) is 18.4 Å². The molecule has 1 fully saturated rings. The fourth-order valence-corrected chi connectivity index (χ4v) is 2.22. The van der Waals surface area contributed by atoms with Crippen molar-refractivity contribution in [1.29, 1.82) is 0 Å². The third kappa shape index (κ3) is 4.09. The lowest BCUT2D eigenvalue weighted by atomic mass is 10.1. The Morgan fingerprint density at radius 2 is 2.33 bits per heavy atom. The second kappa shape index (κ2) is 6.78. The number of nitrogens with zero attached hydrogens (tertiary/aromatic N) is 4. The molecule has 1 aliphatic rings. The van der Waals surface area contributed by atoms with Gasteiger partial charge in [-0.15, -0.1) is 5.10 Å². The molecule has 1 atom stereocenters. The summed E-state index contributed by atoms with van der Waals surface area (Å²) in [5.41, 5.74) is 2.18. The van der Waals surface area contributed by atoms with Crippen molar-refractivity contribution in [2.24, 2.45) is 5.92 Å². The van der Waals surface area contributed by atoms with Crippen LogP contribution in [0.25, 0.3) is 5.69 Å². The van der Waals surface area contributed by atoms with E-state index in [1.54, 1.807) is 11.0 Å². The summed E-state index contributed by atoms with van der Waals surface area (Å²) in [4.78, 5) is 0. The highest BCUT2D eigenvalue weighted by atomic mass is 16.5. The van der Waals surface area contributed by atoms with Crippen LogP contribution in [0.4, 0.5) is 0 Å². The van der Waals surface area contributed by atoms with Crippen molar-refractivity contribution in [1.82, 2.24) is 25.5 Å². The number of benzene rings is 1. The van der Waals surface area contributed by atoms with E-state index in [2.05, 4.69) is 39.9 Å². The largest absolute Gasteiger partial charge is 0.380 e. The fraction of sp³-hybridized carbons (Fsp3) is 0.533. The van der Waals surface area contributed by atoms with E-state index in [9.17, 15) is 0 Å². The van der Waals surface area contributed by atoms with Crippen LogP contribution in [-0.2, 0) is 4.74 Å². The average Bonchev–Trinajstić information content (AvgIpc) is 3.17. The Morgan fingerprint density at radius 3 is 3.10 bits per heavy atom. The van der Waals surface area contributed by atoms with Crippen LogP contribution < -0.4 is 5.32 Å². The monoisotopic (exact) mass is 287 g/mol. The van der Waals surface area contributed by atoms with Gasteiger partial charge in [-0.2, -0.15) is 0 Å². The highest BCUT2D eigenvalue weighted by molar-refractivity contribution is 5.35. The molecule has 0 bridgehead atoms. The molecule has 21 heavy (non-hydrogen) atoms. The lowest BCUT2D eigenvalue weighted by Crippen LogP contribution is -2.23. The van der Waals surface area contributed by atoms with Gasteiger partial charge in [-0.3, -0.25) is 0 Å². The minimum Gasteiger partial charge on any atom is -0.380 e. The second-order valence-electron chi connectivity index (χ2n) is 5.54. The predicted octanol–water partition coefficient (Wildman–Crippen LogP) is 1.74. The Hall–Kier alpha value is -1.79. The van der Waals surface area contributed by atoms with Crippen molar-refractivity contribution < 1.29 is 4.74 Å². The Morgan fingerprint density at radius 1 is 1.43 bits per heavy atom. The van der Waals surface area contributed by atoms with Crippen LogP contribution in [0.1, 0.15) is 31.4 Å². The summed E-state index contributed by atoms with van der Waals surface area (Å²) in [6.45, 7) is 4.71. The van der Waals surface area contributed by atoms with Gasteiger partial charge in [0.05, 0.1) is 12.3 Å². The summed E-state index contributed by atoms with van der Waals surface area (Å²) in [6.07, 6.45) is 4.28. The van der Waals surface area contributed by atoms with Gasteiger partial charge >= 0.3 is 0 Å². The summed E-state index contributed by atoms with van der Waals surface area (Å²) in [6, 6.07) is 8.49. The summed E-state index contributed by atoms with van der Waals surface area (Å²) in [5.74, 6) is 0.829. The van der Waals surface area contributed by atoms with Crippen LogP contribution in [0.3, 0.4) is 0 Å². The van der Waals surface area contributed by atoms with Gasteiger partial charge in [-0.25, -0.2) is 4.68 Å². The first-order chi connectivity index (χ1) is 10.3. The summed E-state index contributed by atoms with van der Waals surface area (Å²) in [5, 5.41) is 14.7. The molecule has 1 heterocycles. The van der Waals surface area contributed by atoms with E-state index >= 15 is 0 Å². The molecule has 0 saturated heterocycles. The molecule has 0 spiro atoms. The molecule has 1 aromatic carbocycles. The van der Waals surface area contributed by atoms with Crippen LogP contribution in [-0.4, -0.2) is 40.0 Å². The maximum Gasteiger partial charge on any atom is 0.143 e. The fourth-order valence-electron chi connectivity index (χ4n) is 2.22. The normalized spacial score (nSPS) is 16.0. The van der Waals surface area contributed by atoms with Gasteiger partial charge in [0.25, 0.3) is 0 Å². The predicted molar refractivity (Wildman–Crippen MR) is 79.1 cm³/mol. The average molecular weight is 287 g/mol. The molecule has 0 amide bonds. The van der Waals surface area contributed by atoms with Crippen molar-refractivity contribution in [2.75, 3.05) is 19.8 Å². The van der Waals surface area contributed by atoms with Crippen LogP contribution in [0, 0.1) is 5.92 Å². The quantitative estimate of drug-likeness (QED) is 0.749. The van der Waals surface area contributed by atoms with E-state index in [4.69, 9.17) is 4.74 Å². The number of nitrogens with one attached hydrogen (secondary N) is 1. The lowest BCUT2D eigenvalue weighted by Gasteiger charge is -2.15. The van der Waals surface area contributed by atoms with Crippen molar-refractivity contribution in [2.45, 2.75) is 25.8 Å². The number of ether oxygens (including phenoxy) is 1. The van der Waals surface area contributed by atoms with Crippen LogP contribution in [0.5, 0.6) is 0 Å². The Labute approximate surface area is 124 Å². The maximum absolute atomic E-state index is 5.63. The maximum atomic E-state index is 5.63. The Kier molecular flexibility index (Phi) is 4.57. The lowest BCUT2D eigenvalue weighted by molar-refractivity contribution is 0.124. The molecule has 6 nitrogen and oxygen atoms in total. The third-order valence-electron chi connectivity index (χ3n) is 3.73. The molecule has 1 saturated carbocycles. The molecule has 2 aromatic rings. The van der Waals surface area contributed by atoms with Gasteiger partial charge in [-0.05, 0) is 53.8 Å². The van der Waals surface area contributed by atoms with E-state index in [-0.39, 0.29) is 6.04 Å². The van der Waals surface area contributed by atoms with Gasteiger partial charge in [0, 0.05) is 19.2 Å². The van der Waals surface area contributed by atoms with E-state index in [0.717, 1.165) is 31.4 Å². The van der Waals surface area contributed by atoms with Crippen LogP contribution in [0.2, 0.25) is 0 Å². The van der Waals surface area contributed by atoms with Crippen molar-refractivity contribution in [3.8, 4) is 5.69 Å². The van der Waals surface area contributed by atoms with Crippen LogP contribution in [0.15, 0.2) is 30.6 Å². The van der Waals surface area contributed by atoms with E-state index in [1.807, 2.05) is 12.1 Å². The molecule has 1 unspecified atom stereocenters. The highest BCUT2D eigenvalue weighted by Gasteiger charge is 2.20. The number of hydrogen-bond donors (Lipinski definition) is 1. The molecule has 6 heteroatoms. The van der Waals surface area contributed by atoms with E-state index < -0.39 is 0 Å². The summed E-state index contributed by atoms with van der Waals surface area (Å²) < 4.78 is 7.30. The first-order valence-electron chi connectivity index (χ1n) is 7.47.